The van der Waals surface area contributed by atoms with Gasteiger partial charge in [0.2, 0.25) is 0 Å². The molecule has 5 nitrogen and oxygen atoms in total. The number of methoxy groups -OCH3 is 1. The molecule has 4 N–H and O–H groups in total. The molecule has 0 spiro atoms. The number of ether oxygens (including phenoxy) is 2. The van der Waals surface area contributed by atoms with E-state index in [0.717, 1.165) is 0 Å². The largest absolute Gasteiger partial charge is 0.497 e. The number of amides is 1. The maximum atomic E-state index is 11.2. The van der Waals surface area contributed by atoms with Gasteiger partial charge in [0.15, 0.2) is 5.75 Å². The zero-order chi connectivity index (χ0) is 13.8. The lowest BCUT2D eigenvalue weighted by Crippen LogP contribution is -2.13. The molecule has 2 aromatic carbocycles. The summed E-state index contributed by atoms with van der Waals surface area (Å²) in [6.45, 7) is 0. The van der Waals surface area contributed by atoms with Gasteiger partial charge in [-0.3, -0.25) is 4.79 Å². The summed E-state index contributed by atoms with van der Waals surface area (Å²) in [6.07, 6.45) is 0. The van der Waals surface area contributed by atoms with Crippen molar-refractivity contribution in [3.05, 3.63) is 48.0 Å². The quantitative estimate of drug-likeness (QED) is 0.823. The highest BCUT2D eigenvalue weighted by molar-refractivity contribution is 5.99. The third kappa shape index (κ3) is 2.77. The van der Waals surface area contributed by atoms with Crippen LogP contribution < -0.4 is 20.9 Å². The van der Waals surface area contributed by atoms with Gasteiger partial charge in [-0.25, -0.2) is 0 Å². The van der Waals surface area contributed by atoms with Gasteiger partial charge in [-0.05, 0) is 24.3 Å². The molecule has 19 heavy (non-hydrogen) atoms. The number of hydrogen-bond acceptors (Lipinski definition) is 4. The Kier molecular flexibility index (Phi) is 3.56. The van der Waals surface area contributed by atoms with Crippen LogP contribution >= 0.6 is 0 Å². The van der Waals surface area contributed by atoms with Crippen LogP contribution in [0.2, 0.25) is 0 Å². The second-order valence-corrected chi connectivity index (χ2v) is 3.86. The molecular weight excluding hydrogens is 244 g/mol. The molecule has 0 aliphatic rings. The van der Waals surface area contributed by atoms with Crippen LogP contribution in [0.1, 0.15) is 10.4 Å². The summed E-state index contributed by atoms with van der Waals surface area (Å²) in [5.74, 6) is 1.02. The van der Waals surface area contributed by atoms with Gasteiger partial charge < -0.3 is 20.9 Å². The highest BCUT2D eigenvalue weighted by atomic mass is 16.5. The average Bonchev–Trinajstić information content (AvgIpc) is 2.41. The third-order valence-corrected chi connectivity index (χ3v) is 2.60. The van der Waals surface area contributed by atoms with Crippen molar-refractivity contribution in [3.8, 4) is 17.2 Å². The Balaban J connectivity index is 2.33. The Bertz CT molecular complexity index is 611. The fraction of sp³-hybridized carbons (Fsp3) is 0.0714. The summed E-state index contributed by atoms with van der Waals surface area (Å²) in [4.78, 5) is 11.2. The van der Waals surface area contributed by atoms with E-state index in [4.69, 9.17) is 20.9 Å². The Labute approximate surface area is 110 Å². The smallest absolute Gasteiger partial charge is 0.250 e. The first-order chi connectivity index (χ1) is 9.11. The molecule has 2 rings (SSSR count). The average molecular weight is 258 g/mol. The first-order valence-corrected chi connectivity index (χ1v) is 5.62. The van der Waals surface area contributed by atoms with Crippen molar-refractivity contribution in [2.45, 2.75) is 0 Å². The van der Waals surface area contributed by atoms with E-state index in [1.165, 1.54) is 0 Å². The molecule has 2 aromatic rings. The molecule has 0 radical (unpaired) electrons. The summed E-state index contributed by atoms with van der Waals surface area (Å²) in [7, 11) is 1.57. The number of carbonyl (C=O) groups is 1. The minimum atomic E-state index is -0.589. The Hall–Kier alpha value is -2.69. The van der Waals surface area contributed by atoms with Gasteiger partial charge in [0.1, 0.15) is 11.5 Å². The van der Waals surface area contributed by atoms with Crippen LogP contribution in [0.25, 0.3) is 0 Å². The molecule has 0 unspecified atom stereocenters. The molecule has 0 atom stereocenters. The SMILES string of the molecule is COc1cccc(Oc2cccc(C(N)=O)c2N)c1. The second kappa shape index (κ2) is 5.30. The van der Waals surface area contributed by atoms with Crippen LogP contribution in [0, 0.1) is 0 Å². The Morgan fingerprint density at radius 2 is 1.79 bits per heavy atom. The number of primary amides is 1. The molecule has 0 aromatic heterocycles. The van der Waals surface area contributed by atoms with E-state index in [2.05, 4.69) is 0 Å². The second-order valence-electron chi connectivity index (χ2n) is 3.86. The van der Waals surface area contributed by atoms with Crippen molar-refractivity contribution in [2.75, 3.05) is 12.8 Å². The number of benzene rings is 2. The Morgan fingerprint density at radius 3 is 2.47 bits per heavy atom. The van der Waals surface area contributed by atoms with Crippen molar-refractivity contribution in [1.82, 2.24) is 0 Å². The lowest BCUT2D eigenvalue weighted by atomic mass is 10.1. The molecule has 0 saturated heterocycles. The number of carbonyl (C=O) groups excluding carboxylic acids is 1. The van der Waals surface area contributed by atoms with Gasteiger partial charge in [-0.1, -0.05) is 12.1 Å². The van der Waals surface area contributed by atoms with Crippen molar-refractivity contribution in [3.63, 3.8) is 0 Å². The third-order valence-electron chi connectivity index (χ3n) is 2.60. The van der Waals surface area contributed by atoms with Gasteiger partial charge in [-0.2, -0.15) is 0 Å². The first kappa shape index (κ1) is 12.8. The van der Waals surface area contributed by atoms with Crippen LogP contribution in [0.4, 0.5) is 5.69 Å². The topological polar surface area (TPSA) is 87.6 Å². The summed E-state index contributed by atoms with van der Waals surface area (Å²) in [5, 5.41) is 0. The van der Waals surface area contributed by atoms with E-state index in [1.54, 1.807) is 49.6 Å². The molecular formula is C14H14N2O3. The van der Waals surface area contributed by atoms with Crippen molar-refractivity contribution < 1.29 is 14.3 Å². The minimum Gasteiger partial charge on any atom is -0.497 e. The maximum Gasteiger partial charge on any atom is 0.250 e. The minimum absolute atomic E-state index is 0.220. The molecule has 0 fully saturated rings. The van der Waals surface area contributed by atoms with Crippen molar-refractivity contribution in [2.24, 2.45) is 5.73 Å². The van der Waals surface area contributed by atoms with Crippen LogP contribution in [0.3, 0.4) is 0 Å². The molecule has 1 amide bonds. The molecule has 0 heterocycles. The number of hydrogen-bond donors (Lipinski definition) is 2. The monoisotopic (exact) mass is 258 g/mol. The molecule has 98 valence electrons. The lowest BCUT2D eigenvalue weighted by molar-refractivity contribution is 0.100. The highest BCUT2D eigenvalue weighted by Gasteiger charge is 2.11. The van der Waals surface area contributed by atoms with Crippen LogP contribution in [0.5, 0.6) is 17.2 Å². The van der Waals surface area contributed by atoms with E-state index < -0.39 is 5.91 Å². The molecule has 0 saturated carbocycles. The van der Waals surface area contributed by atoms with Gasteiger partial charge in [0.25, 0.3) is 5.91 Å². The van der Waals surface area contributed by atoms with Gasteiger partial charge in [-0.15, -0.1) is 0 Å². The molecule has 0 bridgehead atoms. The number of nitrogen functional groups attached to an aromatic ring is 1. The predicted octanol–water partition coefficient (Wildman–Crippen LogP) is 2.17. The van der Waals surface area contributed by atoms with E-state index in [-0.39, 0.29) is 11.3 Å². The zero-order valence-electron chi connectivity index (χ0n) is 10.4. The first-order valence-electron chi connectivity index (χ1n) is 5.62. The van der Waals surface area contributed by atoms with Gasteiger partial charge >= 0.3 is 0 Å². The lowest BCUT2D eigenvalue weighted by Gasteiger charge is -2.11. The van der Waals surface area contributed by atoms with E-state index in [9.17, 15) is 4.79 Å². The zero-order valence-corrected chi connectivity index (χ0v) is 10.4. The normalized spacial score (nSPS) is 9.95. The van der Waals surface area contributed by atoms with Crippen LogP contribution in [0.15, 0.2) is 42.5 Å². The van der Waals surface area contributed by atoms with E-state index in [1.807, 2.05) is 0 Å². The fourth-order valence-electron chi connectivity index (χ4n) is 1.64. The van der Waals surface area contributed by atoms with Crippen LogP contribution in [-0.2, 0) is 0 Å². The summed E-state index contributed by atoms with van der Waals surface area (Å²) in [5.41, 5.74) is 11.5. The van der Waals surface area contributed by atoms with E-state index in [0.29, 0.717) is 17.2 Å². The fourth-order valence-corrected chi connectivity index (χ4v) is 1.64. The number of rotatable bonds is 4. The van der Waals surface area contributed by atoms with Gasteiger partial charge in [0, 0.05) is 6.07 Å². The summed E-state index contributed by atoms with van der Waals surface area (Å²) in [6, 6.07) is 12.0. The van der Waals surface area contributed by atoms with Gasteiger partial charge in [0.05, 0.1) is 18.4 Å². The molecule has 0 aliphatic heterocycles. The molecule has 5 heteroatoms. The maximum absolute atomic E-state index is 11.2. The van der Waals surface area contributed by atoms with Crippen molar-refractivity contribution in [1.29, 1.82) is 0 Å². The highest BCUT2D eigenvalue weighted by Crippen LogP contribution is 2.31. The van der Waals surface area contributed by atoms with Crippen LogP contribution in [-0.4, -0.2) is 13.0 Å². The number of para-hydroxylation sites is 1. The number of anilines is 1. The Morgan fingerprint density at radius 1 is 1.11 bits per heavy atom. The summed E-state index contributed by atoms with van der Waals surface area (Å²) >= 11 is 0. The van der Waals surface area contributed by atoms with E-state index >= 15 is 0 Å². The standard InChI is InChI=1S/C14H14N2O3/c1-18-9-4-2-5-10(8-9)19-12-7-3-6-11(13(12)15)14(16)17/h2-8H,15H2,1H3,(H2,16,17). The molecule has 0 aliphatic carbocycles. The van der Waals surface area contributed by atoms with Crippen molar-refractivity contribution >= 4 is 11.6 Å². The summed E-state index contributed by atoms with van der Waals surface area (Å²) < 4.78 is 10.7. The number of nitrogens with two attached hydrogens (primary N) is 2. The predicted molar refractivity (Wildman–Crippen MR) is 72.4 cm³/mol.